The van der Waals surface area contributed by atoms with Crippen LogP contribution in [0.25, 0.3) is 0 Å². The first kappa shape index (κ1) is 19.2. The van der Waals surface area contributed by atoms with E-state index in [1.807, 2.05) is 17.7 Å². The average Bonchev–Trinajstić information content (AvgIpc) is 3.07. The number of aliphatic carboxylic acids is 1. The molecule has 0 aliphatic heterocycles. The number of rotatable bonds is 8. The van der Waals surface area contributed by atoms with E-state index >= 15 is 0 Å². The fourth-order valence-electron chi connectivity index (χ4n) is 3.48. The second-order valence-electron chi connectivity index (χ2n) is 7.20. The molecule has 0 aliphatic carbocycles. The quantitative estimate of drug-likeness (QED) is 0.684. The van der Waals surface area contributed by atoms with Gasteiger partial charge >= 0.3 is 5.97 Å². The van der Waals surface area contributed by atoms with Crippen LogP contribution in [-0.4, -0.2) is 20.6 Å². The summed E-state index contributed by atoms with van der Waals surface area (Å²) in [6.07, 6.45) is 7.16. The van der Waals surface area contributed by atoms with Crippen LogP contribution in [-0.2, 0) is 10.3 Å². The maximum absolute atomic E-state index is 12.1. The third-order valence-electron chi connectivity index (χ3n) is 5.43. The second kappa shape index (κ2) is 7.85. The number of aromatic nitrogens is 2. The number of hydrogen-bond donors (Lipinski definition) is 1. The Bertz CT molecular complexity index is 735. The van der Waals surface area contributed by atoms with E-state index in [1.54, 1.807) is 6.20 Å². The highest BCUT2D eigenvalue weighted by atomic mass is 16.4. The Morgan fingerprint density at radius 2 is 2.04 bits per heavy atom. The Morgan fingerprint density at radius 1 is 1.32 bits per heavy atom. The van der Waals surface area contributed by atoms with Gasteiger partial charge in [-0.25, -0.2) is 9.78 Å². The monoisotopic (exact) mass is 342 g/mol. The Labute approximate surface area is 150 Å². The Hall–Kier alpha value is -2.10. The summed E-state index contributed by atoms with van der Waals surface area (Å²) in [5.74, 6) is 0.0610. The van der Waals surface area contributed by atoms with E-state index in [0.717, 1.165) is 25.1 Å². The molecule has 1 aromatic heterocycles. The molecular formula is C21H30N2O2. The summed E-state index contributed by atoms with van der Waals surface area (Å²) in [6, 6.07) is 6.27. The molecule has 4 heteroatoms. The number of nitrogens with zero attached hydrogens (tertiary/aromatic N) is 2. The first-order valence-electron chi connectivity index (χ1n) is 9.16. The number of carbonyl (C=O) groups is 1. The SMILES string of the molecule is CCCCCC(C)(C(=O)O)n1ccnc1C(C)c1cccc(C)c1C. The molecule has 2 rings (SSSR count). The zero-order valence-electron chi connectivity index (χ0n) is 16.0. The summed E-state index contributed by atoms with van der Waals surface area (Å²) in [4.78, 5) is 16.6. The highest BCUT2D eigenvalue weighted by molar-refractivity contribution is 5.76. The van der Waals surface area contributed by atoms with E-state index in [1.165, 1.54) is 16.7 Å². The molecule has 0 radical (unpaired) electrons. The molecule has 1 N–H and O–H groups in total. The number of benzene rings is 1. The topological polar surface area (TPSA) is 55.1 Å². The van der Waals surface area contributed by atoms with Crippen molar-refractivity contribution in [3.8, 4) is 0 Å². The molecular weight excluding hydrogens is 312 g/mol. The largest absolute Gasteiger partial charge is 0.479 e. The van der Waals surface area contributed by atoms with Crippen molar-refractivity contribution in [1.29, 1.82) is 0 Å². The lowest BCUT2D eigenvalue weighted by Gasteiger charge is -2.30. The molecule has 0 fully saturated rings. The lowest BCUT2D eigenvalue weighted by molar-refractivity contribution is -0.147. The van der Waals surface area contributed by atoms with Crippen molar-refractivity contribution in [1.82, 2.24) is 9.55 Å². The van der Waals surface area contributed by atoms with Gasteiger partial charge in [0.1, 0.15) is 11.4 Å². The van der Waals surface area contributed by atoms with E-state index < -0.39 is 11.5 Å². The molecule has 0 saturated heterocycles. The van der Waals surface area contributed by atoms with Crippen LogP contribution in [0.5, 0.6) is 0 Å². The third kappa shape index (κ3) is 3.78. The summed E-state index contributed by atoms with van der Waals surface area (Å²) in [7, 11) is 0. The van der Waals surface area contributed by atoms with E-state index in [0.29, 0.717) is 6.42 Å². The number of carboxylic acids is 1. The third-order valence-corrected chi connectivity index (χ3v) is 5.43. The predicted molar refractivity (Wildman–Crippen MR) is 101 cm³/mol. The normalized spacial score (nSPS) is 14.9. The highest BCUT2D eigenvalue weighted by Crippen LogP contribution is 2.32. The van der Waals surface area contributed by atoms with Gasteiger partial charge in [0.25, 0.3) is 0 Å². The average molecular weight is 342 g/mol. The standard InChI is InChI=1S/C21H30N2O2/c1-6-7-8-12-21(5,20(24)25)23-14-13-22-19(23)17(4)18-11-9-10-15(2)16(18)3/h9-11,13-14,17H,6-8,12H2,1-5H3,(H,24,25). The van der Waals surface area contributed by atoms with Crippen LogP contribution in [0.4, 0.5) is 0 Å². The molecule has 4 nitrogen and oxygen atoms in total. The highest BCUT2D eigenvalue weighted by Gasteiger charge is 2.37. The van der Waals surface area contributed by atoms with E-state index in [4.69, 9.17) is 0 Å². The maximum Gasteiger partial charge on any atom is 0.329 e. The van der Waals surface area contributed by atoms with Crippen LogP contribution in [0.1, 0.15) is 74.9 Å². The fraction of sp³-hybridized carbons (Fsp3) is 0.524. The molecule has 0 saturated carbocycles. The smallest absolute Gasteiger partial charge is 0.329 e. The molecule has 136 valence electrons. The Kier molecular flexibility index (Phi) is 6.04. The minimum absolute atomic E-state index is 0.0414. The van der Waals surface area contributed by atoms with Gasteiger partial charge in [0, 0.05) is 18.3 Å². The predicted octanol–water partition coefficient (Wildman–Crippen LogP) is 5.03. The molecule has 0 bridgehead atoms. The number of imidazole rings is 1. The Morgan fingerprint density at radius 3 is 2.68 bits per heavy atom. The van der Waals surface area contributed by atoms with Gasteiger partial charge < -0.3 is 9.67 Å². The van der Waals surface area contributed by atoms with Gasteiger partial charge in [-0.05, 0) is 43.9 Å². The van der Waals surface area contributed by atoms with Crippen molar-refractivity contribution in [2.75, 3.05) is 0 Å². The second-order valence-corrected chi connectivity index (χ2v) is 7.20. The van der Waals surface area contributed by atoms with Crippen molar-refractivity contribution in [2.45, 2.75) is 71.8 Å². The van der Waals surface area contributed by atoms with Gasteiger partial charge in [0.05, 0.1) is 0 Å². The van der Waals surface area contributed by atoms with Crippen LogP contribution in [0, 0.1) is 13.8 Å². The van der Waals surface area contributed by atoms with Gasteiger partial charge in [0.2, 0.25) is 0 Å². The molecule has 0 spiro atoms. The van der Waals surface area contributed by atoms with Crippen LogP contribution >= 0.6 is 0 Å². The number of unbranched alkanes of at least 4 members (excludes halogenated alkanes) is 2. The molecule has 1 heterocycles. The minimum Gasteiger partial charge on any atom is -0.479 e. The first-order chi connectivity index (χ1) is 11.8. The molecule has 1 aromatic carbocycles. The lowest BCUT2D eigenvalue weighted by atomic mass is 9.90. The molecule has 2 atom stereocenters. The molecule has 2 aromatic rings. The summed E-state index contributed by atoms with van der Waals surface area (Å²) in [5, 5.41) is 9.93. The maximum atomic E-state index is 12.1. The summed E-state index contributed by atoms with van der Waals surface area (Å²) < 4.78 is 1.87. The van der Waals surface area contributed by atoms with E-state index in [9.17, 15) is 9.90 Å². The van der Waals surface area contributed by atoms with Crippen molar-refractivity contribution in [3.05, 3.63) is 53.1 Å². The minimum atomic E-state index is -0.965. The van der Waals surface area contributed by atoms with E-state index in [-0.39, 0.29) is 5.92 Å². The van der Waals surface area contributed by atoms with Crippen molar-refractivity contribution in [3.63, 3.8) is 0 Å². The van der Waals surface area contributed by atoms with Crippen LogP contribution in [0.15, 0.2) is 30.6 Å². The van der Waals surface area contributed by atoms with Gasteiger partial charge in [-0.3, -0.25) is 0 Å². The van der Waals surface area contributed by atoms with Crippen LogP contribution in [0.3, 0.4) is 0 Å². The molecule has 0 amide bonds. The molecule has 2 unspecified atom stereocenters. The summed E-state index contributed by atoms with van der Waals surface area (Å²) >= 11 is 0. The first-order valence-corrected chi connectivity index (χ1v) is 9.16. The van der Waals surface area contributed by atoms with Gasteiger partial charge in [-0.1, -0.05) is 51.3 Å². The van der Waals surface area contributed by atoms with Gasteiger partial charge in [-0.15, -0.1) is 0 Å². The van der Waals surface area contributed by atoms with Crippen molar-refractivity contribution in [2.24, 2.45) is 0 Å². The number of hydrogen-bond acceptors (Lipinski definition) is 2. The van der Waals surface area contributed by atoms with Crippen LogP contribution in [0.2, 0.25) is 0 Å². The molecule has 0 aliphatic rings. The summed E-state index contributed by atoms with van der Waals surface area (Å²) in [6.45, 7) is 10.3. The van der Waals surface area contributed by atoms with Gasteiger partial charge in [-0.2, -0.15) is 0 Å². The number of carboxylic acid groups (broad SMARTS) is 1. The van der Waals surface area contributed by atoms with E-state index in [2.05, 4.69) is 50.9 Å². The number of aryl methyl sites for hydroxylation is 1. The molecule has 25 heavy (non-hydrogen) atoms. The zero-order chi connectivity index (χ0) is 18.6. The zero-order valence-corrected chi connectivity index (χ0v) is 16.0. The van der Waals surface area contributed by atoms with Gasteiger partial charge in [0.15, 0.2) is 0 Å². The fourth-order valence-corrected chi connectivity index (χ4v) is 3.48. The van der Waals surface area contributed by atoms with Crippen molar-refractivity contribution >= 4 is 5.97 Å². The Balaban J connectivity index is 2.43. The van der Waals surface area contributed by atoms with Crippen LogP contribution < -0.4 is 0 Å². The summed E-state index contributed by atoms with van der Waals surface area (Å²) in [5.41, 5.74) is 2.72. The van der Waals surface area contributed by atoms with Crippen molar-refractivity contribution < 1.29 is 9.90 Å². The lowest BCUT2D eigenvalue weighted by Crippen LogP contribution is -2.40.